The van der Waals surface area contributed by atoms with Crippen LogP contribution in [-0.4, -0.2) is 9.97 Å². The van der Waals surface area contributed by atoms with Crippen LogP contribution in [0.15, 0.2) is 0 Å². The molecular formula is C17H30N2. The minimum atomic E-state index is 0.440. The van der Waals surface area contributed by atoms with Crippen molar-refractivity contribution in [3.63, 3.8) is 0 Å². The lowest BCUT2D eigenvalue weighted by molar-refractivity contribution is 0.600. The second-order valence-electron chi connectivity index (χ2n) is 6.89. The van der Waals surface area contributed by atoms with Crippen molar-refractivity contribution in [3.05, 3.63) is 22.8 Å². The van der Waals surface area contributed by atoms with Crippen LogP contribution in [0.3, 0.4) is 0 Å². The molecule has 0 aliphatic carbocycles. The van der Waals surface area contributed by atoms with E-state index in [1.165, 1.54) is 22.8 Å². The molecule has 0 saturated carbocycles. The topological polar surface area (TPSA) is 25.8 Å². The van der Waals surface area contributed by atoms with Gasteiger partial charge in [0.1, 0.15) is 0 Å². The Morgan fingerprint density at radius 2 is 1.05 bits per heavy atom. The first-order valence-corrected chi connectivity index (χ1v) is 7.64. The number of hydrogen-bond donors (Lipinski definition) is 0. The van der Waals surface area contributed by atoms with E-state index in [1.54, 1.807) is 0 Å². The molecule has 0 atom stereocenters. The molecule has 0 aliphatic rings. The van der Waals surface area contributed by atoms with Crippen molar-refractivity contribution in [2.24, 2.45) is 5.92 Å². The van der Waals surface area contributed by atoms with Gasteiger partial charge in [0, 0.05) is 0 Å². The Kier molecular flexibility index (Phi) is 5.51. The van der Waals surface area contributed by atoms with Crippen molar-refractivity contribution in [1.82, 2.24) is 9.97 Å². The van der Waals surface area contributed by atoms with E-state index in [4.69, 9.17) is 9.97 Å². The molecule has 0 spiro atoms. The number of hydrogen-bond acceptors (Lipinski definition) is 2. The van der Waals surface area contributed by atoms with Crippen LogP contribution in [-0.2, 0) is 6.42 Å². The highest BCUT2D eigenvalue weighted by atomic mass is 14.9. The van der Waals surface area contributed by atoms with Gasteiger partial charge in [0.2, 0.25) is 0 Å². The van der Waals surface area contributed by atoms with Crippen LogP contribution >= 0.6 is 0 Å². The largest absolute Gasteiger partial charge is 0.254 e. The fourth-order valence-corrected chi connectivity index (χ4v) is 2.36. The van der Waals surface area contributed by atoms with E-state index < -0.39 is 0 Å². The Hall–Kier alpha value is -0.920. The second-order valence-corrected chi connectivity index (χ2v) is 6.89. The highest BCUT2D eigenvalue weighted by Gasteiger charge is 2.20. The lowest BCUT2D eigenvalue weighted by Crippen LogP contribution is -2.14. The third kappa shape index (κ3) is 4.02. The number of rotatable bonds is 5. The first kappa shape index (κ1) is 16.1. The summed E-state index contributed by atoms with van der Waals surface area (Å²) in [5.41, 5.74) is 4.78. The molecule has 1 heterocycles. The first-order valence-electron chi connectivity index (χ1n) is 7.64. The maximum absolute atomic E-state index is 4.99. The molecule has 0 radical (unpaired) electrons. The smallest absolute Gasteiger partial charge is 0.0650 e. The van der Waals surface area contributed by atoms with Crippen molar-refractivity contribution in [2.45, 2.75) is 79.6 Å². The van der Waals surface area contributed by atoms with Gasteiger partial charge in [-0.05, 0) is 30.1 Å². The van der Waals surface area contributed by atoms with Crippen LogP contribution in [0.2, 0.25) is 0 Å². The summed E-state index contributed by atoms with van der Waals surface area (Å²) in [4.78, 5) is 9.98. The average Bonchev–Trinajstić information content (AvgIpc) is 2.26. The molecule has 0 unspecified atom stereocenters. The Morgan fingerprint density at radius 3 is 1.42 bits per heavy atom. The molecule has 108 valence electrons. The Labute approximate surface area is 119 Å². The summed E-state index contributed by atoms with van der Waals surface area (Å²) in [5, 5.41) is 0. The van der Waals surface area contributed by atoms with Gasteiger partial charge >= 0.3 is 0 Å². The van der Waals surface area contributed by atoms with Crippen LogP contribution in [0.5, 0.6) is 0 Å². The molecule has 0 amide bonds. The molecule has 0 aliphatic heterocycles. The zero-order valence-electron chi connectivity index (χ0n) is 13.9. The van der Waals surface area contributed by atoms with Crippen LogP contribution < -0.4 is 0 Å². The number of aromatic nitrogens is 2. The molecule has 2 heteroatoms. The first-order chi connectivity index (χ1) is 8.73. The molecule has 1 aromatic rings. The highest BCUT2D eigenvalue weighted by Crippen LogP contribution is 2.27. The third-order valence-electron chi connectivity index (χ3n) is 3.30. The third-order valence-corrected chi connectivity index (χ3v) is 3.30. The summed E-state index contributed by atoms with van der Waals surface area (Å²) in [6, 6.07) is 0. The van der Waals surface area contributed by atoms with Gasteiger partial charge < -0.3 is 0 Å². The van der Waals surface area contributed by atoms with E-state index in [0.717, 1.165) is 6.42 Å². The quantitative estimate of drug-likeness (QED) is 0.742. The van der Waals surface area contributed by atoms with Crippen molar-refractivity contribution < 1.29 is 0 Å². The fourth-order valence-electron chi connectivity index (χ4n) is 2.36. The molecule has 0 fully saturated rings. The summed E-state index contributed by atoms with van der Waals surface area (Å²) >= 11 is 0. The van der Waals surface area contributed by atoms with Crippen LogP contribution in [0.1, 0.15) is 95.9 Å². The molecule has 2 nitrogen and oxygen atoms in total. The maximum Gasteiger partial charge on any atom is 0.0650 e. The van der Waals surface area contributed by atoms with Gasteiger partial charge in [0.05, 0.1) is 22.8 Å². The lowest BCUT2D eigenvalue weighted by atomic mass is 9.96. The normalized spacial score (nSPS) is 12.2. The summed E-state index contributed by atoms with van der Waals surface area (Å²) in [6.45, 7) is 17.8. The molecular weight excluding hydrogens is 232 g/mol. The van der Waals surface area contributed by atoms with Crippen LogP contribution in [0.4, 0.5) is 0 Å². The predicted octanol–water partition coefficient (Wildman–Crippen LogP) is 5.05. The summed E-state index contributed by atoms with van der Waals surface area (Å²) in [5.74, 6) is 1.95. The van der Waals surface area contributed by atoms with Gasteiger partial charge in [0.25, 0.3) is 0 Å². The Morgan fingerprint density at radius 1 is 0.632 bits per heavy atom. The number of nitrogens with zero attached hydrogens (tertiary/aromatic N) is 2. The fraction of sp³-hybridized carbons (Fsp3) is 0.765. The van der Waals surface area contributed by atoms with Gasteiger partial charge in [-0.2, -0.15) is 0 Å². The van der Waals surface area contributed by atoms with E-state index in [2.05, 4.69) is 55.4 Å². The molecule has 1 rings (SSSR count). The molecule has 0 N–H and O–H groups in total. The van der Waals surface area contributed by atoms with Crippen LogP contribution in [0, 0.1) is 5.92 Å². The predicted molar refractivity (Wildman–Crippen MR) is 82.8 cm³/mol. The second kappa shape index (κ2) is 6.49. The van der Waals surface area contributed by atoms with E-state index in [9.17, 15) is 0 Å². The van der Waals surface area contributed by atoms with Gasteiger partial charge in [-0.3, -0.25) is 9.97 Å². The van der Waals surface area contributed by atoms with Gasteiger partial charge in [-0.1, -0.05) is 55.4 Å². The zero-order valence-corrected chi connectivity index (χ0v) is 13.9. The van der Waals surface area contributed by atoms with Gasteiger partial charge in [-0.25, -0.2) is 0 Å². The maximum atomic E-state index is 4.99. The van der Waals surface area contributed by atoms with Crippen LogP contribution in [0.25, 0.3) is 0 Å². The summed E-state index contributed by atoms with van der Waals surface area (Å²) < 4.78 is 0. The Balaban J connectivity index is 3.41. The Bertz CT molecular complexity index is 418. The molecule has 0 bridgehead atoms. The minimum absolute atomic E-state index is 0.440. The summed E-state index contributed by atoms with van der Waals surface area (Å²) in [6.07, 6.45) is 1.03. The molecule has 0 aromatic carbocycles. The van der Waals surface area contributed by atoms with E-state index in [-0.39, 0.29) is 0 Å². The van der Waals surface area contributed by atoms with Gasteiger partial charge in [0.15, 0.2) is 0 Å². The van der Waals surface area contributed by atoms with Gasteiger partial charge in [-0.15, -0.1) is 0 Å². The van der Waals surface area contributed by atoms with Crippen molar-refractivity contribution in [1.29, 1.82) is 0 Å². The molecule has 19 heavy (non-hydrogen) atoms. The lowest BCUT2D eigenvalue weighted by Gasteiger charge is -2.20. The van der Waals surface area contributed by atoms with Crippen molar-refractivity contribution in [2.75, 3.05) is 0 Å². The molecule has 1 aromatic heterocycles. The van der Waals surface area contributed by atoms with E-state index in [0.29, 0.717) is 23.7 Å². The van der Waals surface area contributed by atoms with Crippen molar-refractivity contribution in [3.8, 4) is 0 Å². The standard InChI is InChI=1S/C17H30N2/c1-10(2)9-14-15(11(3)4)19-17(13(7)8)16(18-14)12(5)6/h10-13H,9H2,1-8H3. The average molecular weight is 262 g/mol. The minimum Gasteiger partial charge on any atom is -0.254 e. The SMILES string of the molecule is CC(C)Cc1nc(C(C)C)c(C(C)C)nc1C(C)C. The van der Waals surface area contributed by atoms with Crippen molar-refractivity contribution >= 4 is 0 Å². The monoisotopic (exact) mass is 262 g/mol. The highest BCUT2D eigenvalue weighted by molar-refractivity contribution is 5.27. The van der Waals surface area contributed by atoms with E-state index >= 15 is 0 Å². The summed E-state index contributed by atoms with van der Waals surface area (Å²) in [7, 11) is 0. The molecule has 0 saturated heterocycles. The van der Waals surface area contributed by atoms with E-state index in [1.807, 2.05) is 0 Å². The zero-order chi connectivity index (χ0) is 14.7.